The molecule has 0 saturated heterocycles. The Morgan fingerprint density at radius 2 is 1.87 bits per heavy atom. The molecule has 7 heteroatoms. The number of imidazole rings is 1. The number of benzene rings is 2. The fourth-order valence-electron chi connectivity index (χ4n) is 3.41. The van der Waals surface area contributed by atoms with Gasteiger partial charge in [0.2, 0.25) is 17.6 Å². The second-order valence-corrected chi connectivity index (χ2v) is 7.94. The first-order valence-corrected chi connectivity index (χ1v) is 10.7. The van der Waals surface area contributed by atoms with Gasteiger partial charge in [-0.15, -0.1) is 0 Å². The summed E-state index contributed by atoms with van der Waals surface area (Å²) < 4.78 is 5.31. The van der Waals surface area contributed by atoms with E-state index in [4.69, 9.17) is 4.52 Å². The zero-order valence-electron chi connectivity index (χ0n) is 17.9. The highest BCUT2D eigenvalue weighted by molar-refractivity contribution is 5.76. The van der Waals surface area contributed by atoms with Crippen molar-refractivity contribution in [3.63, 3.8) is 0 Å². The average molecular weight is 418 g/mol. The van der Waals surface area contributed by atoms with Crippen LogP contribution >= 0.6 is 0 Å². The number of H-pyrrole nitrogens is 1. The smallest absolute Gasteiger partial charge is 0.227 e. The van der Waals surface area contributed by atoms with Crippen LogP contribution in [-0.4, -0.2) is 32.6 Å². The molecule has 7 nitrogen and oxygen atoms in total. The van der Waals surface area contributed by atoms with Crippen LogP contribution in [0.25, 0.3) is 22.4 Å². The molecule has 0 bridgehead atoms. The highest BCUT2D eigenvalue weighted by Crippen LogP contribution is 2.20. The monoisotopic (exact) mass is 417 g/mol. The van der Waals surface area contributed by atoms with E-state index in [1.165, 1.54) is 5.56 Å². The normalized spacial score (nSPS) is 11.3. The predicted molar refractivity (Wildman–Crippen MR) is 120 cm³/mol. The molecule has 4 aromatic rings. The Kier molecular flexibility index (Phi) is 6.40. The van der Waals surface area contributed by atoms with Gasteiger partial charge in [-0.05, 0) is 30.0 Å². The van der Waals surface area contributed by atoms with E-state index in [0.29, 0.717) is 37.0 Å². The van der Waals surface area contributed by atoms with Gasteiger partial charge in [0.15, 0.2) is 0 Å². The number of aryl methyl sites for hydroxylation is 2. The Labute approximate surface area is 181 Å². The summed E-state index contributed by atoms with van der Waals surface area (Å²) >= 11 is 0. The largest absolute Gasteiger partial charge is 0.356 e. The van der Waals surface area contributed by atoms with Gasteiger partial charge in [0, 0.05) is 31.4 Å². The maximum Gasteiger partial charge on any atom is 0.227 e. The van der Waals surface area contributed by atoms with Crippen LogP contribution in [0, 0.1) is 0 Å². The third-order valence-electron chi connectivity index (χ3n) is 5.22. The van der Waals surface area contributed by atoms with Crippen molar-refractivity contribution >= 4 is 16.9 Å². The number of amides is 1. The van der Waals surface area contributed by atoms with Gasteiger partial charge < -0.3 is 14.8 Å². The number of fused-ring (bicyclic) bond motifs is 1. The molecule has 2 N–H and O–H groups in total. The molecule has 0 aliphatic carbocycles. The summed E-state index contributed by atoms with van der Waals surface area (Å²) in [6, 6.07) is 16.1. The molecule has 160 valence electrons. The minimum absolute atomic E-state index is 0.0226. The Hall–Kier alpha value is -3.48. The summed E-state index contributed by atoms with van der Waals surface area (Å²) in [7, 11) is 0. The van der Waals surface area contributed by atoms with E-state index in [0.717, 1.165) is 35.3 Å². The van der Waals surface area contributed by atoms with E-state index in [9.17, 15) is 4.79 Å². The molecule has 4 rings (SSSR count). The molecule has 2 aromatic carbocycles. The van der Waals surface area contributed by atoms with E-state index < -0.39 is 0 Å². The molecule has 0 spiro atoms. The van der Waals surface area contributed by atoms with Crippen LogP contribution < -0.4 is 5.32 Å². The number of nitrogens with zero attached hydrogens (tertiary/aromatic N) is 3. The standard InChI is InChI=1S/C24H27N5O2/c1-16(2)17-9-11-18(12-10-17)24-28-23(31-29-24)14-13-22(30)25-15-5-8-21-26-19-6-3-4-7-20(19)27-21/h3-4,6-7,9-12,16H,5,8,13-15H2,1-2H3,(H,25,30)(H,26,27). The zero-order valence-corrected chi connectivity index (χ0v) is 17.9. The van der Waals surface area contributed by atoms with Crippen LogP contribution in [0.15, 0.2) is 53.1 Å². The van der Waals surface area contributed by atoms with E-state index in [1.807, 2.05) is 36.4 Å². The number of hydrogen-bond acceptors (Lipinski definition) is 5. The SMILES string of the molecule is CC(C)c1ccc(-c2noc(CCC(=O)NCCCc3nc4ccccc4[nH]3)n2)cc1. The van der Waals surface area contributed by atoms with Crippen LogP contribution in [0.1, 0.15) is 49.9 Å². The van der Waals surface area contributed by atoms with Crippen molar-refractivity contribution in [2.24, 2.45) is 0 Å². The van der Waals surface area contributed by atoms with E-state index >= 15 is 0 Å². The summed E-state index contributed by atoms with van der Waals surface area (Å²) in [5.41, 5.74) is 4.19. The number of hydrogen-bond donors (Lipinski definition) is 2. The highest BCUT2D eigenvalue weighted by Gasteiger charge is 2.11. The van der Waals surface area contributed by atoms with Crippen LogP contribution in [0.4, 0.5) is 0 Å². The van der Waals surface area contributed by atoms with Gasteiger partial charge >= 0.3 is 0 Å². The average Bonchev–Trinajstić information content (AvgIpc) is 3.42. The summed E-state index contributed by atoms with van der Waals surface area (Å²) in [5.74, 6) is 2.42. The van der Waals surface area contributed by atoms with Crippen molar-refractivity contribution in [1.29, 1.82) is 0 Å². The first-order chi connectivity index (χ1) is 15.1. The van der Waals surface area contributed by atoms with Crippen molar-refractivity contribution in [3.8, 4) is 11.4 Å². The van der Waals surface area contributed by atoms with Gasteiger partial charge in [-0.1, -0.05) is 55.4 Å². The molecule has 0 atom stereocenters. The summed E-state index contributed by atoms with van der Waals surface area (Å²) in [5, 5.41) is 6.98. The van der Waals surface area contributed by atoms with Crippen molar-refractivity contribution in [2.45, 2.75) is 45.4 Å². The molecule has 0 fully saturated rings. The minimum Gasteiger partial charge on any atom is -0.356 e. The van der Waals surface area contributed by atoms with Crippen molar-refractivity contribution in [1.82, 2.24) is 25.4 Å². The van der Waals surface area contributed by atoms with Gasteiger partial charge in [0.1, 0.15) is 5.82 Å². The number of para-hydroxylation sites is 2. The van der Waals surface area contributed by atoms with Crippen LogP contribution in [0.2, 0.25) is 0 Å². The Balaban J connectivity index is 1.19. The second kappa shape index (κ2) is 9.55. The lowest BCUT2D eigenvalue weighted by Gasteiger charge is -2.04. The van der Waals surface area contributed by atoms with E-state index in [-0.39, 0.29) is 5.91 Å². The van der Waals surface area contributed by atoms with Crippen molar-refractivity contribution in [3.05, 3.63) is 65.8 Å². The third-order valence-corrected chi connectivity index (χ3v) is 5.22. The summed E-state index contributed by atoms with van der Waals surface area (Å²) in [6.45, 7) is 4.92. The molecule has 1 amide bonds. The second-order valence-electron chi connectivity index (χ2n) is 7.94. The zero-order chi connectivity index (χ0) is 21.6. The van der Waals surface area contributed by atoms with Crippen LogP contribution in [0.5, 0.6) is 0 Å². The van der Waals surface area contributed by atoms with Crippen LogP contribution in [-0.2, 0) is 17.6 Å². The van der Waals surface area contributed by atoms with E-state index in [1.54, 1.807) is 0 Å². The quantitative estimate of drug-likeness (QED) is 0.393. The topological polar surface area (TPSA) is 96.7 Å². The van der Waals surface area contributed by atoms with Crippen LogP contribution in [0.3, 0.4) is 0 Å². The molecule has 0 radical (unpaired) electrons. The number of aromatic amines is 1. The molecule has 2 heterocycles. The molecule has 0 saturated carbocycles. The lowest BCUT2D eigenvalue weighted by Crippen LogP contribution is -2.25. The minimum atomic E-state index is -0.0226. The fraction of sp³-hybridized carbons (Fsp3) is 0.333. The lowest BCUT2D eigenvalue weighted by atomic mass is 10.0. The fourth-order valence-corrected chi connectivity index (χ4v) is 3.41. The van der Waals surface area contributed by atoms with Gasteiger partial charge in [-0.25, -0.2) is 4.98 Å². The maximum atomic E-state index is 12.1. The first kappa shape index (κ1) is 20.8. The number of nitrogens with one attached hydrogen (secondary N) is 2. The molecule has 0 aliphatic heterocycles. The molecular weight excluding hydrogens is 390 g/mol. The molecule has 31 heavy (non-hydrogen) atoms. The molecule has 0 aliphatic rings. The van der Waals surface area contributed by atoms with Gasteiger partial charge in [-0.2, -0.15) is 4.98 Å². The highest BCUT2D eigenvalue weighted by atomic mass is 16.5. The molecule has 2 aromatic heterocycles. The third kappa shape index (κ3) is 5.36. The van der Waals surface area contributed by atoms with Crippen molar-refractivity contribution in [2.75, 3.05) is 6.54 Å². The number of carbonyl (C=O) groups is 1. The lowest BCUT2D eigenvalue weighted by molar-refractivity contribution is -0.121. The summed E-state index contributed by atoms with van der Waals surface area (Å²) in [6.07, 6.45) is 2.35. The Morgan fingerprint density at radius 1 is 1.06 bits per heavy atom. The molecule has 0 unspecified atom stereocenters. The maximum absolute atomic E-state index is 12.1. The first-order valence-electron chi connectivity index (χ1n) is 10.7. The Morgan fingerprint density at radius 3 is 2.65 bits per heavy atom. The molecular formula is C24H27N5O2. The number of aromatic nitrogens is 4. The van der Waals surface area contributed by atoms with E-state index in [2.05, 4.69) is 51.4 Å². The van der Waals surface area contributed by atoms with Gasteiger partial charge in [0.25, 0.3) is 0 Å². The Bertz CT molecular complexity index is 1110. The van der Waals surface area contributed by atoms with Crippen molar-refractivity contribution < 1.29 is 9.32 Å². The van der Waals surface area contributed by atoms with Gasteiger partial charge in [-0.3, -0.25) is 4.79 Å². The number of carbonyl (C=O) groups excluding carboxylic acids is 1. The van der Waals surface area contributed by atoms with Gasteiger partial charge in [0.05, 0.1) is 11.0 Å². The number of rotatable bonds is 9. The summed E-state index contributed by atoms with van der Waals surface area (Å²) in [4.78, 5) is 24.4. The predicted octanol–water partition coefficient (Wildman–Crippen LogP) is 4.42.